The van der Waals surface area contributed by atoms with Crippen molar-refractivity contribution in [1.82, 2.24) is 5.32 Å². The Kier molecular flexibility index (Phi) is 17.6. The number of rotatable bonds is 21. The van der Waals surface area contributed by atoms with Crippen LogP contribution in [0.5, 0.6) is 0 Å². The molecule has 3 aromatic rings. The van der Waals surface area contributed by atoms with Crippen LogP contribution < -0.4 is 19.7 Å². The van der Waals surface area contributed by atoms with E-state index >= 15 is 0 Å². The molecule has 1 aromatic heterocycles. The summed E-state index contributed by atoms with van der Waals surface area (Å²) in [5, 5.41) is 20.5. The molecular formula is C36H51N8S2+. The lowest BCUT2D eigenvalue weighted by Crippen LogP contribution is -2.27. The molecule has 1 heterocycles. The van der Waals surface area contributed by atoms with Crippen LogP contribution >= 0.6 is 21.6 Å². The van der Waals surface area contributed by atoms with E-state index in [1.54, 1.807) is 0 Å². The number of aryl methyl sites for hydroxylation is 1. The van der Waals surface area contributed by atoms with Crippen LogP contribution in [0.2, 0.25) is 0 Å². The van der Waals surface area contributed by atoms with Gasteiger partial charge in [0.05, 0.1) is 22.8 Å². The summed E-state index contributed by atoms with van der Waals surface area (Å²) in [6, 6.07) is 20.8. The Morgan fingerprint density at radius 2 is 1.20 bits per heavy atom. The molecule has 46 heavy (non-hydrogen) atoms. The van der Waals surface area contributed by atoms with E-state index in [0.717, 1.165) is 60.4 Å². The van der Waals surface area contributed by atoms with Crippen LogP contribution in [0, 0.1) is 0 Å². The fraction of sp³-hybridized carbons (Fsp3) is 0.417. The van der Waals surface area contributed by atoms with Crippen molar-refractivity contribution in [2.24, 2.45) is 27.5 Å². The fourth-order valence-corrected chi connectivity index (χ4v) is 6.44. The number of unbranched alkanes of at least 4 members (excludes halogenated alkanes) is 2. The van der Waals surface area contributed by atoms with Gasteiger partial charge >= 0.3 is 0 Å². The first-order valence-corrected chi connectivity index (χ1v) is 18.8. The van der Waals surface area contributed by atoms with Crippen molar-refractivity contribution >= 4 is 50.0 Å². The van der Waals surface area contributed by atoms with Gasteiger partial charge in [-0.3, -0.25) is 0 Å². The molecule has 0 amide bonds. The number of hydrogen-bond acceptors (Lipinski definition) is 9. The monoisotopic (exact) mass is 659 g/mol. The van der Waals surface area contributed by atoms with Gasteiger partial charge < -0.3 is 15.1 Å². The summed E-state index contributed by atoms with van der Waals surface area (Å²) >= 11 is 0. The molecule has 10 heteroatoms. The Labute approximate surface area is 284 Å². The van der Waals surface area contributed by atoms with Crippen molar-refractivity contribution in [3.63, 3.8) is 0 Å². The first-order valence-electron chi connectivity index (χ1n) is 16.3. The number of allylic oxidation sites excluding steroid dienone is 2. The average Bonchev–Trinajstić information content (AvgIpc) is 3.09. The number of nitrogens with zero attached hydrogens (tertiary/aromatic N) is 7. The largest absolute Gasteiger partial charge is 0.394 e. The molecule has 246 valence electrons. The molecule has 0 saturated carbocycles. The highest BCUT2D eigenvalue weighted by molar-refractivity contribution is 8.76. The third-order valence-electron chi connectivity index (χ3n) is 7.20. The summed E-state index contributed by atoms with van der Waals surface area (Å²) in [6.45, 7) is 10.6. The van der Waals surface area contributed by atoms with Crippen LogP contribution in [0.1, 0.15) is 46.5 Å². The number of benzene rings is 2. The van der Waals surface area contributed by atoms with Crippen LogP contribution in [0.15, 0.2) is 118 Å². The van der Waals surface area contributed by atoms with Gasteiger partial charge in [-0.15, -0.1) is 0 Å². The Balaban J connectivity index is 1.48. The number of nitrogens with one attached hydrogen (secondary N) is 1. The minimum atomic E-state index is 0.820. The first-order chi connectivity index (χ1) is 22.6. The molecule has 0 radical (unpaired) electrons. The van der Waals surface area contributed by atoms with E-state index in [9.17, 15) is 0 Å². The number of aromatic nitrogens is 1. The van der Waals surface area contributed by atoms with Gasteiger partial charge in [0.1, 0.15) is 7.05 Å². The van der Waals surface area contributed by atoms with Crippen molar-refractivity contribution in [3.05, 3.63) is 97.1 Å². The second kappa shape index (κ2) is 22.0. The zero-order valence-electron chi connectivity index (χ0n) is 28.2. The lowest BCUT2D eigenvalue weighted by Gasteiger charge is -2.25. The van der Waals surface area contributed by atoms with Gasteiger partial charge in [0.15, 0.2) is 12.4 Å². The van der Waals surface area contributed by atoms with E-state index in [1.807, 2.05) is 90.1 Å². The lowest BCUT2D eigenvalue weighted by atomic mass is 10.2. The molecule has 0 fully saturated rings. The maximum Gasteiger partial charge on any atom is 0.170 e. The fourth-order valence-electron chi connectivity index (χ4n) is 4.46. The third kappa shape index (κ3) is 13.8. The zero-order chi connectivity index (χ0) is 32.8. The molecule has 0 bridgehead atoms. The number of hydrogen-bond donors (Lipinski definition) is 1. The summed E-state index contributed by atoms with van der Waals surface area (Å²) in [7, 11) is 7.80. The third-order valence-corrected chi connectivity index (χ3v) is 9.57. The van der Waals surface area contributed by atoms with Crippen LogP contribution in [-0.2, 0) is 7.05 Å². The molecule has 0 aliphatic carbocycles. The Hall–Kier alpha value is -3.63. The Bertz CT molecular complexity index is 1370. The van der Waals surface area contributed by atoms with Crippen LogP contribution in [-0.4, -0.2) is 44.7 Å². The molecule has 3 rings (SSSR count). The molecule has 0 aliphatic heterocycles. The van der Waals surface area contributed by atoms with E-state index in [2.05, 4.69) is 98.0 Å². The van der Waals surface area contributed by atoms with Crippen molar-refractivity contribution < 1.29 is 4.57 Å². The van der Waals surface area contributed by atoms with Gasteiger partial charge in [-0.2, -0.15) is 20.5 Å². The number of azo groups is 2. The average molecular weight is 660 g/mol. The highest BCUT2D eigenvalue weighted by Gasteiger charge is 2.09. The minimum absolute atomic E-state index is 0.820. The van der Waals surface area contributed by atoms with Gasteiger partial charge in [0.2, 0.25) is 0 Å². The summed E-state index contributed by atoms with van der Waals surface area (Å²) in [4.78, 5) is 4.99. The summed E-state index contributed by atoms with van der Waals surface area (Å²) in [5.74, 6) is 2.15. The van der Waals surface area contributed by atoms with E-state index < -0.39 is 0 Å². The normalized spacial score (nSPS) is 12.1. The minimum Gasteiger partial charge on any atom is -0.394 e. The summed E-state index contributed by atoms with van der Waals surface area (Å²) in [5.41, 5.74) is 5.88. The smallest absolute Gasteiger partial charge is 0.170 e. The number of pyridine rings is 1. The maximum atomic E-state index is 4.42. The molecule has 0 atom stereocenters. The van der Waals surface area contributed by atoms with Gasteiger partial charge in [-0.25, -0.2) is 4.57 Å². The molecule has 0 spiro atoms. The molecule has 1 N–H and O–H groups in total. The summed E-state index contributed by atoms with van der Waals surface area (Å²) < 4.78 is 1.99. The van der Waals surface area contributed by atoms with Crippen molar-refractivity contribution in [1.29, 1.82) is 0 Å². The van der Waals surface area contributed by atoms with Crippen molar-refractivity contribution in [2.75, 3.05) is 54.5 Å². The van der Waals surface area contributed by atoms with Gasteiger partial charge in [0, 0.05) is 68.2 Å². The maximum absolute atomic E-state index is 4.42. The Morgan fingerprint density at radius 3 is 1.65 bits per heavy atom. The SMILES string of the molecule is C/C=C(\C=C/NC)N=Nc1ccc(N(CCCC)CCSSCCN(CCCC)c2ccc(N=Nc3cc[n+](C)cc3)cc2)cc1. The molecule has 0 unspecified atom stereocenters. The lowest BCUT2D eigenvalue weighted by molar-refractivity contribution is -0.671. The molecule has 8 nitrogen and oxygen atoms in total. The molecule has 0 aliphatic rings. The molecule has 0 saturated heterocycles. The van der Waals surface area contributed by atoms with E-state index in [4.69, 9.17) is 0 Å². The van der Waals surface area contributed by atoms with Crippen molar-refractivity contribution in [3.8, 4) is 0 Å². The molecule has 2 aromatic carbocycles. The predicted octanol–water partition coefficient (Wildman–Crippen LogP) is 9.94. The van der Waals surface area contributed by atoms with E-state index in [-0.39, 0.29) is 0 Å². The predicted molar refractivity (Wildman–Crippen MR) is 200 cm³/mol. The Morgan fingerprint density at radius 1 is 0.717 bits per heavy atom. The van der Waals surface area contributed by atoms with Gasteiger partial charge in [0.25, 0.3) is 0 Å². The van der Waals surface area contributed by atoms with Crippen molar-refractivity contribution in [2.45, 2.75) is 46.5 Å². The first kappa shape index (κ1) is 36.8. The topological polar surface area (TPSA) is 71.8 Å². The number of anilines is 2. The van der Waals surface area contributed by atoms with Crippen LogP contribution in [0.4, 0.5) is 28.4 Å². The second-order valence-electron chi connectivity index (χ2n) is 10.8. The highest BCUT2D eigenvalue weighted by atomic mass is 33.1. The standard InChI is InChI=1S/C36H51N8S2/c1-6-9-23-43(35-15-11-32(12-16-35)39-38-31(8-3)19-22-37-4)27-29-45-46-30-28-44(24-10-7-2)36-17-13-33(14-18-36)40-41-34-20-25-42(5)26-21-34/h8,11-22,25-26,37H,6-7,9-10,23-24,27-30H2,1-5H3/q+1/b22-19-,31-8+,39-38?. The van der Waals surface area contributed by atoms with Crippen LogP contribution in [0.3, 0.4) is 0 Å². The van der Waals surface area contributed by atoms with Gasteiger partial charge in [-0.05, 0) is 80.6 Å². The second-order valence-corrected chi connectivity index (χ2v) is 13.5. The van der Waals surface area contributed by atoms with Crippen LogP contribution in [0.25, 0.3) is 0 Å². The van der Waals surface area contributed by atoms with E-state index in [0.29, 0.717) is 0 Å². The van der Waals surface area contributed by atoms with Gasteiger partial charge in [-0.1, -0.05) is 54.4 Å². The van der Waals surface area contributed by atoms with E-state index in [1.165, 1.54) is 37.1 Å². The molecular weight excluding hydrogens is 609 g/mol. The quantitative estimate of drug-likeness (QED) is 0.0405. The summed E-state index contributed by atoms with van der Waals surface area (Å²) in [6.07, 6.45) is 14.4. The zero-order valence-corrected chi connectivity index (χ0v) is 29.8. The highest BCUT2D eigenvalue weighted by Crippen LogP contribution is 2.27.